The van der Waals surface area contributed by atoms with Gasteiger partial charge in [-0.3, -0.25) is 9.89 Å². The number of aromatic nitrogens is 4. The van der Waals surface area contributed by atoms with Gasteiger partial charge in [-0.05, 0) is 12.8 Å². The molecule has 2 heterocycles. The zero-order valence-electron chi connectivity index (χ0n) is 8.40. The van der Waals surface area contributed by atoms with Crippen molar-refractivity contribution in [3.8, 4) is 0 Å². The Bertz CT molecular complexity index is 523. The van der Waals surface area contributed by atoms with Crippen LogP contribution in [-0.4, -0.2) is 19.6 Å². The topological polar surface area (TPSA) is 63.1 Å². The van der Waals surface area contributed by atoms with Crippen molar-refractivity contribution in [1.29, 1.82) is 0 Å². The van der Waals surface area contributed by atoms with Crippen LogP contribution in [-0.2, 0) is 0 Å². The number of hydrogen-bond donors (Lipinski definition) is 1. The van der Waals surface area contributed by atoms with E-state index < -0.39 is 0 Å². The van der Waals surface area contributed by atoms with Crippen LogP contribution in [0.4, 0.5) is 0 Å². The monoisotopic (exact) mass is 192 g/mol. The Balaban J connectivity index is 2.78. The number of nitrogens with zero attached hydrogens (tertiary/aromatic N) is 3. The van der Waals surface area contributed by atoms with Crippen LogP contribution in [0, 0.1) is 6.92 Å². The van der Waals surface area contributed by atoms with Crippen LogP contribution in [0.5, 0.6) is 0 Å². The summed E-state index contributed by atoms with van der Waals surface area (Å²) < 4.78 is 1.35. The minimum absolute atomic E-state index is 0.112. The van der Waals surface area contributed by atoms with Gasteiger partial charge in [0.1, 0.15) is 5.82 Å². The second-order valence-electron chi connectivity index (χ2n) is 3.62. The molecule has 1 N–H and O–H groups in total. The highest BCUT2D eigenvalue weighted by molar-refractivity contribution is 5.28. The van der Waals surface area contributed by atoms with Gasteiger partial charge in [0.15, 0.2) is 0 Å². The third kappa shape index (κ3) is 1.30. The Morgan fingerprint density at radius 3 is 2.79 bits per heavy atom. The average molecular weight is 192 g/mol. The number of nitrogens with one attached hydrogen (secondary N) is 1. The van der Waals surface area contributed by atoms with Crippen molar-refractivity contribution < 1.29 is 0 Å². The van der Waals surface area contributed by atoms with E-state index in [-0.39, 0.29) is 11.5 Å². The minimum Gasteiger partial charge on any atom is -0.275 e. The predicted molar refractivity (Wildman–Crippen MR) is 52.4 cm³/mol. The molecule has 0 aliphatic rings. The fraction of sp³-hybridized carbons (Fsp3) is 0.444. The van der Waals surface area contributed by atoms with Crippen molar-refractivity contribution in [2.75, 3.05) is 0 Å². The summed E-state index contributed by atoms with van der Waals surface area (Å²) >= 11 is 0. The first kappa shape index (κ1) is 8.93. The van der Waals surface area contributed by atoms with E-state index in [0.29, 0.717) is 11.6 Å². The largest absolute Gasteiger partial charge is 0.275 e. The van der Waals surface area contributed by atoms with Crippen molar-refractivity contribution in [1.82, 2.24) is 19.6 Å². The summed E-state index contributed by atoms with van der Waals surface area (Å²) in [7, 11) is 0. The maximum Gasteiger partial charge on any atom is 0.274 e. The second-order valence-corrected chi connectivity index (χ2v) is 3.62. The van der Waals surface area contributed by atoms with E-state index in [4.69, 9.17) is 0 Å². The number of aromatic amines is 1. The highest BCUT2D eigenvalue weighted by Crippen LogP contribution is 2.08. The molecule has 74 valence electrons. The van der Waals surface area contributed by atoms with Gasteiger partial charge in [-0.15, -0.1) is 0 Å². The lowest BCUT2D eigenvalue weighted by Crippen LogP contribution is -2.16. The number of aryl methyl sites for hydroxylation is 1. The fourth-order valence-corrected chi connectivity index (χ4v) is 1.30. The first-order valence-corrected chi connectivity index (χ1v) is 4.54. The molecule has 14 heavy (non-hydrogen) atoms. The van der Waals surface area contributed by atoms with Crippen LogP contribution in [0.1, 0.15) is 31.3 Å². The quantitative estimate of drug-likeness (QED) is 0.728. The predicted octanol–water partition coefficient (Wildman–Crippen LogP) is 0.849. The van der Waals surface area contributed by atoms with Crippen LogP contribution in [0.25, 0.3) is 5.78 Å². The van der Waals surface area contributed by atoms with Crippen molar-refractivity contribution in [2.45, 2.75) is 26.7 Å². The van der Waals surface area contributed by atoms with Crippen molar-refractivity contribution in [2.24, 2.45) is 0 Å². The molecule has 0 bridgehead atoms. The van der Waals surface area contributed by atoms with Gasteiger partial charge in [0.2, 0.25) is 0 Å². The van der Waals surface area contributed by atoms with E-state index in [0.717, 1.165) is 5.69 Å². The molecule has 0 radical (unpaired) electrons. The molecule has 0 amide bonds. The zero-order chi connectivity index (χ0) is 10.3. The van der Waals surface area contributed by atoms with Gasteiger partial charge in [0.05, 0.1) is 5.69 Å². The van der Waals surface area contributed by atoms with Crippen molar-refractivity contribution >= 4 is 5.78 Å². The van der Waals surface area contributed by atoms with Crippen LogP contribution in [0.3, 0.4) is 0 Å². The Labute approximate surface area is 80.8 Å². The Kier molecular flexibility index (Phi) is 1.87. The molecule has 0 aliphatic carbocycles. The lowest BCUT2D eigenvalue weighted by molar-refractivity contribution is 0.793. The van der Waals surface area contributed by atoms with Crippen LogP contribution in [0.15, 0.2) is 10.9 Å². The second kappa shape index (κ2) is 2.94. The molecule has 0 saturated heterocycles. The number of H-pyrrole nitrogens is 1. The molecule has 0 aromatic carbocycles. The van der Waals surface area contributed by atoms with E-state index in [1.807, 2.05) is 13.8 Å². The van der Waals surface area contributed by atoms with Gasteiger partial charge in [0.25, 0.3) is 11.3 Å². The van der Waals surface area contributed by atoms with E-state index in [1.54, 1.807) is 6.92 Å². The third-order valence-electron chi connectivity index (χ3n) is 2.05. The van der Waals surface area contributed by atoms with Crippen LogP contribution < -0.4 is 5.56 Å². The summed E-state index contributed by atoms with van der Waals surface area (Å²) in [5.74, 6) is 1.37. The summed E-state index contributed by atoms with van der Waals surface area (Å²) in [4.78, 5) is 20.0. The molecular formula is C9H12N4O. The van der Waals surface area contributed by atoms with E-state index >= 15 is 0 Å². The van der Waals surface area contributed by atoms with E-state index in [1.165, 1.54) is 10.6 Å². The van der Waals surface area contributed by atoms with Gasteiger partial charge in [-0.25, -0.2) is 4.98 Å². The molecular weight excluding hydrogens is 180 g/mol. The number of fused-ring (bicyclic) bond motifs is 1. The van der Waals surface area contributed by atoms with Gasteiger partial charge in [-0.2, -0.15) is 9.50 Å². The fourth-order valence-electron chi connectivity index (χ4n) is 1.30. The third-order valence-corrected chi connectivity index (χ3v) is 2.05. The summed E-state index contributed by atoms with van der Waals surface area (Å²) in [6.45, 7) is 5.79. The SMILES string of the molecule is Cc1nc2nc(C(C)C)cc(=O)n2[nH]1. The molecule has 0 aliphatic heterocycles. The minimum atomic E-state index is -0.112. The molecule has 0 saturated carbocycles. The lowest BCUT2D eigenvalue weighted by Gasteiger charge is -2.01. The summed E-state index contributed by atoms with van der Waals surface area (Å²) in [5, 5.41) is 2.82. The average Bonchev–Trinajstić information content (AvgIpc) is 2.45. The summed E-state index contributed by atoms with van der Waals surface area (Å²) in [6, 6.07) is 1.54. The molecule has 2 aromatic heterocycles. The normalized spacial score (nSPS) is 11.4. The van der Waals surface area contributed by atoms with Crippen molar-refractivity contribution in [3.05, 3.63) is 27.9 Å². The number of rotatable bonds is 1. The van der Waals surface area contributed by atoms with Crippen LogP contribution >= 0.6 is 0 Å². The molecule has 5 heteroatoms. The maximum absolute atomic E-state index is 11.6. The molecule has 2 rings (SSSR count). The molecule has 0 atom stereocenters. The van der Waals surface area contributed by atoms with Gasteiger partial charge in [-0.1, -0.05) is 13.8 Å². The first-order valence-electron chi connectivity index (χ1n) is 4.54. The maximum atomic E-state index is 11.6. The number of hydrogen-bond acceptors (Lipinski definition) is 3. The van der Waals surface area contributed by atoms with E-state index in [2.05, 4.69) is 15.1 Å². The van der Waals surface area contributed by atoms with Crippen LogP contribution in [0.2, 0.25) is 0 Å². The standard InChI is InChI=1S/C9H12N4O/c1-5(2)7-4-8(14)13-9(11-7)10-6(3)12-13/h4-5H,1-3H3,(H,10,11,12). The zero-order valence-corrected chi connectivity index (χ0v) is 8.40. The van der Waals surface area contributed by atoms with Gasteiger partial charge < -0.3 is 0 Å². The van der Waals surface area contributed by atoms with Gasteiger partial charge in [0, 0.05) is 6.07 Å². The molecule has 0 spiro atoms. The molecule has 5 nitrogen and oxygen atoms in total. The Morgan fingerprint density at radius 1 is 1.43 bits per heavy atom. The van der Waals surface area contributed by atoms with E-state index in [9.17, 15) is 4.79 Å². The lowest BCUT2D eigenvalue weighted by atomic mass is 10.1. The first-order chi connectivity index (χ1) is 6.58. The molecule has 0 fully saturated rings. The Hall–Kier alpha value is -1.65. The smallest absolute Gasteiger partial charge is 0.274 e. The van der Waals surface area contributed by atoms with Crippen molar-refractivity contribution in [3.63, 3.8) is 0 Å². The molecule has 2 aromatic rings. The highest BCUT2D eigenvalue weighted by atomic mass is 16.1. The summed E-state index contributed by atoms with van der Waals surface area (Å²) in [5.41, 5.74) is 0.667. The summed E-state index contributed by atoms with van der Waals surface area (Å²) in [6.07, 6.45) is 0. The Morgan fingerprint density at radius 2 is 2.14 bits per heavy atom. The van der Waals surface area contributed by atoms with Gasteiger partial charge >= 0.3 is 0 Å². The highest BCUT2D eigenvalue weighted by Gasteiger charge is 2.07. The molecule has 0 unspecified atom stereocenters.